The molecule has 20 heavy (non-hydrogen) atoms. The van der Waals surface area contributed by atoms with Gasteiger partial charge in [-0.1, -0.05) is 0 Å². The van der Waals surface area contributed by atoms with Crippen molar-refractivity contribution in [2.45, 2.75) is 6.54 Å². The third-order valence-corrected chi connectivity index (χ3v) is 2.77. The fraction of sp³-hybridized carbons (Fsp3) is 0.538. The van der Waals surface area contributed by atoms with Gasteiger partial charge in [0.25, 0.3) is 5.56 Å². The van der Waals surface area contributed by atoms with Gasteiger partial charge in [-0.15, -0.1) is 0 Å². The number of aromatic nitrogens is 1. The first-order valence-corrected chi connectivity index (χ1v) is 6.43. The van der Waals surface area contributed by atoms with Crippen LogP contribution in [-0.2, 0) is 16.1 Å². The fourth-order valence-corrected chi connectivity index (χ4v) is 1.68. The quantitative estimate of drug-likeness (QED) is 0.605. The van der Waals surface area contributed by atoms with Crippen molar-refractivity contribution in [2.75, 3.05) is 46.1 Å². The molecule has 0 fully saturated rings. The maximum Gasteiger partial charge on any atom is 0.250 e. The Morgan fingerprint density at radius 2 is 2.25 bits per heavy atom. The van der Waals surface area contributed by atoms with Gasteiger partial charge in [-0.05, 0) is 13.1 Å². The lowest BCUT2D eigenvalue weighted by atomic mass is 10.4. The van der Waals surface area contributed by atoms with Gasteiger partial charge in [-0.25, -0.2) is 0 Å². The Kier molecular flexibility index (Phi) is 6.75. The molecule has 7 heteroatoms. The van der Waals surface area contributed by atoms with Gasteiger partial charge < -0.3 is 20.4 Å². The molecule has 3 N–H and O–H groups in total. The summed E-state index contributed by atoms with van der Waals surface area (Å²) >= 11 is 0. The number of amides is 1. The van der Waals surface area contributed by atoms with Crippen LogP contribution in [0.1, 0.15) is 0 Å². The summed E-state index contributed by atoms with van der Waals surface area (Å²) in [5.41, 5.74) is 6.08. The van der Waals surface area contributed by atoms with E-state index in [1.807, 2.05) is 11.9 Å². The molecule has 0 aliphatic carbocycles. The zero-order valence-electron chi connectivity index (χ0n) is 12.0. The maximum atomic E-state index is 11.6. The van der Waals surface area contributed by atoms with Crippen LogP contribution in [0, 0.1) is 0 Å². The SMILES string of the molecule is COCCNC(=O)CN(C)CCn1cc(N)ccc1=O. The third-order valence-electron chi connectivity index (χ3n) is 2.77. The van der Waals surface area contributed by atoms with Crippen molar-refractivity contribution >= 4 is 11.6 Å². The van der Waals surface area contributed by atoms with Crippen molar-refractivity contribution in [2.24, 2.45) is 0 Å². The molecular formula is C13H22N4O3. The number of nitrogens with zero attached hydrogens (tertiary/aromatic N) is 2. The number of hydrogen-bond acceptors (Lipinski definition) is 5. The van der Waals surface area contributed by atoms with Gasteiger partial charge in [-0.3, -0.25) is 14.5 Å². The largest absolute Gasteiger partial charge is 0.398 e. The van der Waals surface area contributed by atoms with E-state index in [9.17, 15) is 9.59 Å². The Balaban J connectivity index is 2.35. The molecule has 7 nitrogen and oxygen atoms in total. The minimum absolute atomic E-state index is 0.0653. The minimum Gasteiger partial charge on any atom is -0.398 e. The molecule has 0 unspecified atom stereocenters. The lowest BCUT2D eigenvalue weighted by Crippen LogP contribution is -2.38. The van der Waals surface area contributed by atoms with Crippen LogP contribution in [0.25, 0.3) is 0 Å². The second-order valence-corrected chi connectivity index (χ2v) is 4.57. The Morgan fingerprint density at radius 3 is 2.95 bits per heavy atom. The van der Waals surface area contributed by atoms with Gasteiger partial charge in [0.1, 0.15) is 0 Å². The smallest absolute Gasteiger partial charge is 0.250 e. The highest BCUT2D eigenvalue weighted by molar-refractivity contribution is 5.77. The Hall–Kier alpha value is -1.86. The van der Waals surface area contributed by atoms with Crippen LogP contribution in [0.3, 0.4) is 0 Å². The van der Waals surface area contributed by atoms with Crippen LogP contribution in [0.4, 0.5) is 5.69 Å². The number of carbonyl (C=O) groups excluding carboxylic acids is 1. The van der Waals surface area contributed by atoms with Crippen molar-refractivity contribution in [3.8, 4) is 0 Å². The number of nitrogens with two attached hydrogens (primary N) is 1. The van der Waals surface area contributed by atoms with E-state index in [2.05, 4.69) is 5.32 Å². The summed E-state index contributed by atoms with van der Waals surface area (Å²) < 4.78 is 6.39. The van der Waals surface area contributed by atoms with E-state index < -0.39 is 0 Å². The number of rotatable bonds is 8. The maximum absolute atomic E-state index is 11.6. The Morgan fingerprint density at radius 1 is 1.50 bits per heavy atom. The van der Waals surface area contributed by atoms with Gasteiger partial charge in [-0.2, -0.15) is 0 Å². The van der Waals surface area contributed by atoms with Crippen molar-refractivity contribution in [3.63, 3.8) is 0 Å². The number of methoxy groups -OCH3 is 1. The molecule has 1 rings (SSSR count). The first-order chi connectivity index (χ1) is 9.52. The topological polar surface area (TPSA) is 89.6 Å². The first-order valence-electron chi connectivity index (χ1n) is 6.43. The van der Waals surface area contributed by atoms with E-state index in [4.69, 9.17) is 10.5 Å². The van der Waals surface area contributed by atoms with Gasteiger partial charge in [0.2, 0.25) is 5.91 Å². The minimum atomic E-state index is -0.0999. The molecule has 112 valence electrons. The van der Waals surface area contributed by atoms with Crippen LogP contribution in [0.5, 0.6) is 0 Å². The lowest BCUT2D eigenvalue weighted by Gasteiger charge is -2.17. The number of nitrogen functional groups attached to an aromatic ring is 1. The molecule has 1 heterocycles. The zero-order valence-corrected chi connectivity index (χ0v) is 12.0. The van der Waals surface area contributed by atoms with E-state index >= 15 is 0 Å². The molecule has 0 saturated heterocycles. The molecular weight excluding hydrogens is 260 g/mol. The number of pyridine rings is 1. The molecule has 1 aromatic rings. The van der Waals surface area contributed by atoms with Crippen molar-refractivity contribution in [1.82, 2.24) is 14.8 Å². The molecule has 0 bridgehead atoms. The molecule has 1 amide bonds. The highest BCUT2D eigenvalue weighted by Crippen LogP contribution is 1.96. The Bertz CT molecular complexity index is 487. The number of nitrogens with one attached hydrogen (secondary N) is 1. The summed E-state index contributed by atoms with van der Waals surface area (Å²) in [6, 6.07) is 3.01. The van der Waals surface area contributed by atoms with Crippen LogP contribution < -0.4 is 16.6 Å². The van der Waals surface area contributed by atoms with Crippen molar-refractivity contribution in [3.05, 3.63) is 28.7 Å². The van der Waals surface area contributed by atoms with Gasteiger partial charge >= 0.3 is 0 Å². The summed E-state index contributed by atoms with van der Waals surface area (Å²) in [5, 5.41) is 2.74. The Labute approximate surface area is 118 Å². The number of anilines is 1. The average Bonchev–Trinajstić information content (AvgIpc) is 2.40. The van der Waals surface area contributed by atoms with Gasteiger partial charge in [0, 0.05) is 44.7 Å². The number of hydrogen-bond donors (Lipinski definition) is 2. The molecule has 0 spiro atoms. The van der Waals surface area contributed by atoms with Gasteiger partial charge in [0.05, 0.1) is 13.2 Å². The number of likely N-dealkylation sites (N-methyl/N-ethyl adjacent to an activating group) is 1. The van der Waals surface area contributed by atoms with Crippen LogP contribution >= 0.6 is 0 Å². The molecule has 0 saturated carbocycles. The van der Waals surface area contributed by atoms with E-state index in [0.717, 1.165) is 0 Å². The van der Waals surface area contributed by atoms with Crippen molar-refractivity contribution in [1.29, 1.82) is 0 Å². The third kappa shape index (κ3) is 5.85. The first kappa shape index (κ1) is 16.2. The number of ether oxygens (including phenoxy) is 1. The van der Waals surface area contributed by atoms with E-state index in [1.54, 1.807) is 19.4 Å². The van der Waals surface area contributed by atoms with E-state index in [0.29, 0.717) is 31.9 Å². The summed E-state index contributed by atoms with van der Waals surface area (Å²) in [6.07, 6.45) is 1.61. The van der Waals surface area contributed by atoms with Crippen LogP contribution in [-0.4, -0.2) is 55.8 Å². The average molecular weight is 282 g/mol. The second-order valence-electron chi connectivity index (χ2n) is 4.57. The van der Waals surface area contributed by atoms with Crippen molar-refractivity contribution < 1.29 is 9.53 Å². The predicted molar refractivity (Wildman–Crippen MR) is 77.5 cm³/mol. The predicted octanol–water partition coefficient (Wildman–Crippen LogP) is -0.875. The van der Waals surface area contributed by atoms with Crippen LogP contribution in [0.15, 0.2) is 23.1 Å². The highest BCUT2D eigenvalue weighted by atomic mass is 16.5. The molecule has 0 aliphatic heterocycles. The molecule has 0 aliphatic rings. The molecule has 0 radical (unpaired) electrons. The lowest BCUT2D eigenvalue weighted by molar-refractivity contribution is -0.122. The van der Waals surface area contributed by atoms with E-state index in [-0.39, 0.29) is 18.0 Å². The zero-order chi connectivity index (χ0) is 15.0. The van der Waals surface area contributed by atoms with Crippen LogP contribution in [0.2, 0.25) is 0 Å². The summed E-state index contributed by atoms with van der Waals surface area (Å²) in [5.74, 6) is -0.0653. The normalized spacial score (nSPS) is 10.8. The van der Waals surface area contributed by atoms with E-state index in [1.165, 1.54) is 10.6 Å². The summed E-state index contributed by atoms with van der Waals surface area (Å²) in [7, 11) is 3.41. The standard InChI is InChI=1S/C13H22N4O3/c1-16(10-12(18)15-5-8-20-2)6-7-17-9-11(14)3-4-13(17)19/h3-4,9H,5-8,10,14H2,1-2H3,(H,15,18). The summed E-state index contributed by atoms with van der Waals surface area (Å²) in [4.78, 5) is 25.0. The highest BCUT2D eigenvalue weighted by Gasteiger charge is 2.06. The molecule has 0 aromatic carbocycles. The summed E-state index contributed by atoms with van der Waals surface area (Å²) in [6.45, 7) is 2.35. The van der Waals surface area contributed by atoms with Gasteiger partial charge in [0.15, 0.2) is 0 Å². The monoisotopic (exact) mass is 282 g/mol. The number of carbonyl (C=O) groups is 1. The fourth-order valence-electron chi connectivity index (χ4n) is 1.68. The molecule has 0 atom stereocenters. The molecule has 1 aromatic heterocycles. The second kappa shape index (κ2) is 8.34.